The van der Waals surface area contributed by atoms with Gasteiger partial charge in [0.1, 0.15) is 0 Å². The molecule has 86 valence electrons. The molecule has 15 heavy (non-hydrogen) atoms. The maximum absolute atomic E-state index is 11.7. The molecule has 1 aromatic rings. The second kappa shape index (κ2) is 6.77. The van der Waals surface area contributed by atoms with Crippen LogP contribution in [0.1, 0.15) is 26.7 Å². The Hall–Kier alpha value is -0.640. The molecule has 0 fully saturated rings. The van der Waals surface area contributed by atoms with Gasteiger partial charge in [-0.2, -0.15) is 11.8 Å². The van der Waals surface area contributed by atoms with E-state index in [1.807, 2.05) is 28.7 Å². The molecule has 3 nitrogen and oxygen atoms in total. The maximum Gasteiger partial charge on any atom is 0.328 e. The van der Waals surface area contributed by atoms with Gasteiger partial charge in [-0.05, 0) is 24.3 Å². The number of imidazole rings is 1. The fourth-order valence-electron chi connectivity index (χ4n) is 1.52. The lowest BCUT2D eigenvalue weighted by molar-refractivity contribution is 0.597. The van der Waals surface area contributed by atoms with E-state index in [0.29, 0.717) is 0 Å². The van der Waals surface area contributed by atoms with E-state index in [0.717, 1.165) is 37.4 Å². The van der Waals surface area contributed by atoms with Gasteiger partial charge in [0, 0.05) is 25.5 Å². The SMILES string of the molecule is CCCn1ccn(CCCSCC)c1=O. The van der Waals surface area contributed by atoms with Crippen molar-refractivity contribution < 1.29 is 0 Å². The van der Waals surface area contributed by atoms with Crippen LogP contribution in [-0.2, 0) is 13.1 Å². The molecule has 0 aliphatic carbocycles. The fraction of sp³-hybridized carbons (Fsp3) is 0.727. The van der Waals surface area contributed by atoms with Gasteiger partial charge in [-0.3, -0.25) is 9.13 Å². The molecule has 0 amide bonds. The number of aryl methyl sites for hydroxylation is 2. The summed E-state index contributed by atoms with van der Waals surface area (Å²) >= 11 is 1.93. The number of hydrogen-bond donors (Lipinski definition) is 0. The van der Waals surface area contributed by atoms with E-state index in [4.69, 9.17) is 0 Å². The van der Waals surface area contributed by atoms with Crippen LogP contribution in [0.4, 0.5) is 0 Å². The number of aromatic nitrogens is 2. The van der Waals surface area contributed by atoms with E-state index in [1.54, 1.807) is 4.57 Å². The molecule has 4 heteroatoms. The van der Waals surface area contributed by atoms with Crippen LogP contribution in [-0.4, -0.2) is 20.6 Å². The first-order chi connectivity index (χ1) is 7.29. The standard InChI is InChI=1S/C11H20N2OS/c1-3-6-12-8-9-13(11(12)14)7-5-10-15-4-2/h8-9H,3-7,10H2,1-2H3. The molecule has 0 N–H and O–H groups in total. The average Bonchev–Trinajstić information content (AvgIpc) is 2.57. The summed E-state index contributed by atoms with van der Waals surface area (Å²) in [5, 5.41) is 0. The van der Waals surface area contributed by atoms with Crippen LogP contribution >= 0.6 is 11.8 Å². The molecule has 0 bridgehead atoms. The van der Waals surface area contributed by atoms with Crippen molar-refractivity contribution in [3.8, 4) is 0 Å². The minimum Gasteiger partial charge on any atom is -0.299 e. The van der Waals surface area contributed by atoms with E-state index in [9.17, 15) is 4.79 Å². The van der Waals surface area contributed by atoms with Gasteiger partial charge in [0.25, 0.3) is 0 Å². The van der Waals surface area contributed by atoms with Gasteiger partial charge in [0.15, 0.2) is 0 Å². The van der Waals surface area contributed by atoms with Gasteiger partial charge in [0.05, 0.1) is 0 Å². The van der Waals surface area contributed by atoms with Crippen molar-refractivity contribution >= 4 is 11.8 Å². The summed E-state index contributed by atoms with van der Waals surface area (Å²) in [6.07, 6.45) is 5.87. The van der Waals surface area contributed by atoms with Gasteiger partial charge < -0.3 is 0 Å². The normalized spacial score (nSPS) is 10.8. The minimum atomic E-state index is 0.137. The topological polar surface area (TPSA) is 26.9 Å². The zero-order valence-electron chi connectivity index (χ0n) is 9.61. The fourth-order valence-corrected chi connectivity index (χ4v) is 2.14. The van der Waals surface area contributed by atoms with Crippen LogP contribution < -0.4 is 5.69 Å². The quantitative estimate of drug-likeness (QED) is 0.669. The molecule has 0 saturated heterocycles. The van der Waals surface area contributed by atoms with Crippen molar-refractivity contribution in [1.29, 1.82) is 0 Å². The summed E-state index contributed by atoms with van der Waals surface area (Å²) in [6, 6.07) is 0. The van der Waals surface area contributed by atoms with Gasteiger partial charge in [-0.1, -0.05) is 13.8 Å². The third-order valence-corrected chi connectivity index (χ3v) is 3.26. The van der Waals surface area contributed by atoms with Crippen LogP contribution in [0, 0.1) is 0 Å². The monoisotopic (exact) mass is 228 g/mol. The first-order valence-corrected chi connectivity index (χ1v) is 6.78. The van der Waals surface area contributed by atoms with Crippen molar-refractivity contribution in [3.05, 3.63) is 22.9 Å². The van der Waals surface area contributed by atoms with E-state index in [1.165, 1.54) is 0 Å². The highest BCUT2D eigenvalue weighted by molar-refractivity contribution is 7.99. The Morgan fingerprint density at radius 3 is 2.47 bits per heavy atom. The predicted octanol–water partition coefficient (Wildman–Crippen LogP) is 2.20. The molecular formula is C11H20N2OS. The summed E-state index contributed by atoms with van der Waals surface area (Å²) in [4.78, 5) is 11.7. The second-order valence-electron chi connectivity index (χ2n) is 3.52. The lowest BCUT2D eigenvalue weighted by Crippen LogP contribution is -2.24. The van der Waals surface area contributed by atoms with Crippen molar-refractivity contribution in [1.82, 2.24) is 9.13 Å². The zero-order valence-corrected chi connectivity index (χ0v) is 10.4. The van der Waals surface area contributed by atoms with Gasteiger partial charge in [-0.25, -0.2) is 4.79 Å². The summed E-state index contributed by atoms with van der Waals surface area (Å²) in [5.41, 5.74) is 0.137. The lowest BCUT2D eigenvalue weighted by atomic mass is 10.5. The highest BCUT2D eigenvalue weighted by Crippen LogP contribution is 2.01. The third kappa shape index (κ3) is 3.78. The van der Waals surface area contributed by atoms with Crippen LogP contribution in [0.5, 0.6) is 0 Å². The van der Waals surface area contributed by atoms with Crippen LogP contribution in [0.3, 0.4) is 0 Å². The second-order valence-corrected chi connectivity index (χ2v) is 4.91. The molecule has 0 aromatic carbocycles. The van der Waals surface area contributed by atoms with Crippen LogP contribution in [0.15, 0.2) is 17.2 Å². The molecule has 1 rings (SSSR count). The molecule has 0 spiro atoms. The maximum atomic E-state index is 11.7. The minimum absolute atomic E-state index is 0.137. The Bertz CT molecular complexity index is 330. The molecule has 0 aliphatic heterocycles. The molecule has 1 aromatic heterocycles. The molecule has 0 radical (unpaired) electrons. The van der Waals surface area contributed by atoms with E-state index >= 15 is 0 Å². The number of nitrogens with zero attached hydrogens (tertiary/aromatic N) is 2. The summed E-state index contributed by atoms with van der Waals surface area (Å²) in [5.74, 6) is 2.30. The summed E-state index contributed by atoms with van der Waals surface area (Å²) in [7, 11) is 0. The Morgan fingerprint density at radius 2 is 1.87 bits per heavy atom. The Balaban J connectivity index is 2.44. The van der Waals surface area contributed by atoms with E-state index < -0.39 is 0 Å². The van der Waals surface area contributed by atoms with E-state index in [-0.39, 0.29) is 5.69 Å². The van der Waals surface area contributed by atoms with Gasteiger partial charge in [-0.15, -0.1) is 0 Å². The first-order valence-electron chi connectivity index (χ1n) is 5.63. The smallest absolute Gasteiger partial charge is 0.299 e. The summed E-state index contributed by atoms with van der Waals surface area (Å²) in [6.45, 7) is 5.92. The molecule has 0 saturated carbocycles. The predicted molar refractivity (Wildman–Crippen MR) is 66.6 cm³/mol. The van der Waals surface area contributed by atoms with Crippen LogP contribution in [0.25, 0.3) is 0 Å². The molecule has 1 heterocycles. The third-order valence-electron chi connectivity index (χ3n) is 2.27. The largest absolute Gasteiger partial charge is 0.328 e. The zero-order chi connectivity index (χ0) is 11.1. The Morgan fingerprint density at radius 1 is 1.20 bits per heavy atom. The molecule has 0 aliphatic rings. The highest BCUT2D eigenvalue weighted by Gasteiger charge is 2.01. The van der Waals surface area contributed by atoms with Gasteiger partial charge >= 0.3 is 5.69 Å². The van der Waals surface area contributed by atoms with Crippen molar-refractivity contribution in [2.45, 2.75) is 39.8 Å². The number of thioether (sulfide) groups is 1. The average molecular weight is 228 g/mol. The molecule has 0 atom stereocenters. The number of hydrogen-bond acceptors (Lipinski definition) is 2. The Kier molecular flexibility index (Phi) is 5.61. The van der Waals surface area contributed by atoms with Crippen molar-refractivity contribution in [2.24, 2.45) is 0 Å². The Labute approximate surface area is 95.5 Å². The molecule has 0 unspecified atom stereocenters. The van der Waals surface area contributed by atoms with Crippen molar-refractivity contribution in [3.63, 3.8) is 0 Å². The van der Waals surface area contributed by atoms with Crippen LogP contribution in [0.2, 0.25) is 0 Å². The van der Waals surface area contributed by atoms with Crippen molar-refractivity contribution in [2.75, 3.05) is 11.5 Å². The van der Waals surface area contributed by atoms with Gasteiger partial charge in [0.2, 0.25) is 0 Å². The summed E-state index contributed by atoms with van der Waals surface area (Å²) < 4.78 is 3.60. The highest BCUT2D eigenvalue weighted by atomic mass is 32.2. The lowest BCUT2D eigenvalue weighted by Gasteiger charge is -2.01. The first kappa shape index (κ1) is 12.4. The molecular weight excluding hydrogens is 208 g/mol. The number of rotatable bonds is 7. The van der Waals surface area contributed by atoms with E-state index in [2.05, 4.69) is 13.8 Å².